The molecule has 1 aliphatic heterocycles. The van der Waals surface area contributed by atoms with Crippen LogP contribution in [0.5, 0.6) is 0 Å². The molecule has 1 unspecified atom stereocenters. The maximum Gasteiger partial charge on any atom is 0.246 e. The lowest BCUT2D eigenvalue weighted by Gasteiger charge is -2.23. The molecule has 1 aliphatic rings. The van der Waals surface area contributed by atoms with Gasteiger partial charge < -0.3 is 5.73 Å². The van der Waals surface area contributed by atoms with Gasteiger partial charge in [-0.15, -0.1) is 0 Å². The van der Waals surface area contributed by atoms with Crippen molar-refractivity contribution in [3.63, 3.8) is 0 Å². The van der Waals surface area contributed by atoms with Gasteiger partial charge in [0.15, 0.2) is 0 Å². The van der Waals surface area contributed by atoms with Crippen LogP contribution < -0.4 is 5.73 Å². The lowest BCUT2D eigenvalue weighted by Crippen LogP contribution is -2.40. The minimum Gasteiger partial charge on any atom is -0.329 e. The zero-order valence-corrected chi connectivity index (χ0v) is 12.0. The maximum atomic E-state index is 13.7. The third-order valence-electron chi connectivity index (χ3n) is 3.08. The Bertz CT molecular complexity index is 550. The summed E-state index contributed by atoms with van der Waals surface area (Å²) in [5.74, 6) is -0.735. The Morgan fingerprint density at radius 3 is 2.89 bits per heavy atom. The van der Waals surface area contributed by atoms with Crippen LogP contribution in [0, 0.1) is 5.82 Å². The van der Waals surface area contributed by atoms with E-state index in [1.165, 1.54) is 16.4 Å². The summed E-state index contributed by atoms with van der Waals surface area (Å²) in [5, 5.41) is 0. The second-order valence-electron chi connectivity index (χ2n) is 4.22. The van der Waals surface area contributed by atoms with Crippen LogP contribution >= 0.6 is 15.9 Å². The molecule has 0 aliphatic carbocycles. The molecule has 7 heteroatoms. The van der Waals surface area contributed by atoms with Crippen molar-refractivity contribution in [1.29, 1.82) is 0 Å². The van der Waals surface area contributed by atoms with E-state index >= 15 is 0 Å². The summed E-state index contributed by atoms with van der Waals surface area (Å²) in [7, 11) is -3.80. The van der Waals surface area contributed by atoms with Gasteiger partial charge in [0.05, 0.1) is 0 Å². The molecule has 0 radical (unpaired) electrons. The maximum absolute atomic E-state index is 13.7. The topological polar surface area (TPSA) is 63.4 Å². The fourth-order valence-electron chi connectivity index (χ4n) is 2.16. The molecule has 0 saturated carbocycles. The second kappa shape index (κ2) is 5.24. The molecule has 0 amide bonds. The van der Waals surface area contributed by atoms with Crippen LogP contribution in [0.15, 0.2) is 27.6 Å². The minimum absolute atomic E-state index is 0.228. The monoisotopic (exact) mass is 336 g/mol. The highest BCUT2D eigenvalue weighted by Gasteiger charge is 2.35. The summed E-state index contributed by atoms with van der Waals surface area (Å²) in [6.45, 7) is 0.658. The number of nitrogens with zero attached hydrogens (tertiary/aromatic N) is 1. The molecule has 1 atom stereocenters. The highest BCUT2D eigenvalue weighted by Crippen LogP contribution is 2.28. The average molecular weight is 337 g/mol. The summed E-state index contributed by atoms with van der Waals surface area (Å²) in [5.41, 5.74) is 5.56. The van der Waals surface area contributed by atoms with Crippen molar-refractivity contribution in [2.75, 3.05) is 13.1 Å². The molecule has 0 spiro atoms. The molecule has 1 aromatic rings. The molecule has 2 N–H and O–H groups in total. The van der Waals surface area contributed by atoms with Gasteiger partial charge in [-0.25, -0.2) is 12.8 Å². The first kappa shape index (κ1) is 13.9. The van der Waals surface area contributed by atoms with Crippen LogP contribution in [0.3, 0.4) is 0 Å². The number of hydrogen-bond donors (Lipinski definition) is 1. The van der Waals surface area contributed by atoms with Gasteiger partial charge in [0.1, 0.15) is 10.7 Å². The Hall–Kier alpha value is -0.500. The number of nitrogens with two attached hydrogens (primary N) is 1. The zero-order chi connectivity index (χ0) is 13.3. The predicted molar refractivity (Wildman–Crippen MR) is 70.1 cm³/mol. The normalized spacial score (nSPS) is 21.4. The van der Waals surface area contributed by atoms with Crippen molar-refractivity contribution in [2.45, 2.75) is 23.8 Å². The molecule has 18 heavy (non-hydrogen) atoms. The van der Waals surface area contributed by atoms with Gasteiger partial charge in [0, 0.05) is 23.6 Å². The van der Waals surface area contributed by atoms with E-state index in [-0.39, 0.29) is 17.5 Å². The van der Waals surface area contributed by atoms with Crippen molar-refractivity contribution >= 4 is 26.0 Å². The van der Waals surface area contributed by atoms with E-state index in [9.17, 15) is 12.8 Å². The zero-order valence-electron chi connectivity index (χ0n) is 9.64. The molecule has 1 saturated heterocycles. The average Bonchev–Trinajstić information content (AvgIpc) is 2.81. The predicted octanol–water partition coefficient (Wildman–Crippen LogP) is 1.70. The Labute approximate surface area is 114 Å². The van der Waals surface area contributed by atoms with Gasteiger partial charge in [0.25, 0.3) is 0 Å². The molecule has 100 valence electrons. The fourth-order valence-corrected chi connectivity index (χ4v) is 4.47. The van der Waals surface area contributed by atoms with E-state index in [0.29, 0.717) is 11.0 Å². The van der Waals surface area contributed by atoms with Crippen molar-refractivity contribution in [1.82, 2.24) is 4.31 Å². The molecular weight excluding hydrogens is 323 g/mol. The van der Waals surface area contributed by atoms with Crippen LogP contribution in [0.2, 0.25) is 0 Å². The lowest BCUT2D eigenvalue weighted by molar-refractivity contribution is 0.390. The van der Waals surface area contributed by atoms with Gasteiger partial charge in [-0.1, -0.05) is 15.9 Å². The van der Waals surface area contributed by atoms with Crippen LogP contribution in [0.4, 0.5) is 4.39 Å². The Kier molecular flexibility index (Phi) is 4.05. The Morgan fingerprint density at radius 1 is 1.50 bits per heavy atom. The van der Waals surface area contributed by atoms with Crippen LogP contribution in [-0.2, 0) is 10.0 Å². The summed E-state index contributed by atoms with van der Waals surface area (Å²) < 4.78 is 40.3. The Balaban J connectivity index is 2.45. The molecular formula is C11H14BrFN2O2S. The SMILES string of the molecule is NCC1CCCN1S(=O)(=O)c1cc(Br)ccc1F. The lowest BCUT2D eigenvalue weighted by atomic mass is 10.2. The first-order valence-electron chi connectivity index (χ1n) is 5.64. The van der Waals surface area contributed by atoms with Crippen molar-refractivity contribution in [3.8, 4) is 0 Å². The fraction of sp³-hybridized carbons (Fsp3) is 0.455. The van der Waals surface area contributed by atoms with E-state index < -0.39 is 15.8 Å². The molecule has 0 bridgehead atoms. The van der Waals surface area contributed by atoms with Gasteiger partial charge in [-0.05, 0) is 31.0 Å². The van der Waals surface area contributed by atoms with E-state index in [0.717, 1.165) is 18.9 Å². The second-order valence-corrected chi connectivity index (χ2v) is 7.00. The minimum atomic E-state index is -3.80. The highest BCUT2D eigenvalue weighted by molar-refractivity contribution is 9.10. The number of rotatable bonds is 3. The largest absolute Gasteiger partial charge is 0.329 e. The van der Waals surface area contributed by atoms with E-state index in [1.807, 2.05) is 0 Å². The number of halogens is 2. The summed E-state index contributed by atoms with van der Waals surface area (Å²) in [4.78, 5) is -0.294. The smallest absolute Gasteiger partial charge is 0.246 e. The molecule has 2 rings (SSSR count). The third kappa shape index (κ3) is 2.45. The molecule has 0 aromatic heterocycles. The van der Waals surface area contributed by atoms with Crippen molar-refractivity contribution in [2.24, 2.45) is 5.73 Å². The van der Waals surface area contributed by atoms with Gasteiger partial charge in [-0.2, -0.15) is 4.31 Å². The van der Waals surface area contributed by atoms with Gasteiger partial charge in [0.2, 0.25) is 10.0 Å². The van der Waals surface area contributed by atoms with Crippen LogP contribution in [-0.4, -0.2) is 31.9 Å². The quantitative estimate of drug-likeness (QED) is 0.913. The molecule has 4 nitrogen and oxygen atoms in total. The molecule has 1 fully saturated rings. The first-order valence-corrected chi connectivity index (χ1v) is 7.87. The van der Waals surface area contributed by atoms with E-state index in [4.69, 9.17) is 5.73 Å². The van der Waals surface area contributed by atoms with Crippen LogP contribution in [0.25, 0.3) is 0 Å². The first-order chi connectivity index (χ1) is 8.46. The molecule has 1 aromatic carbocycles. The summed E-state index contributed by atoms with van der Waals surface area (Å²) in [6, 6.07) is 3.67. The van der Waals surface area contributed by atoms with Crippen LogP contribution in [0.1, 0.15) is 12.8 Å². The van der Waals surface area contributed by atoms with Crippen molar-refractivity contribution in [3.05, 3.63) is 28.5 Å². The number of hydrogen-bond acceptors (Lipinski definition) is 3. The Morgan fingerprint density at radius 2 is 2.22 bits per heavy atom. The summed E-state index contributed by atoms with van der Waals surface area (Å²) >= 11 is 3.16. The van der Waals surface area contributed by atoms with Gasteiger partial charge in [-0.3, -0.25) is 0 Å². The third-order valence-corrected chi connectivity index (χ3v) is 5.54. The van der Waals surface area contributed by atoms with E-state index in [2.05, 4.69) is 15.9 Å². The van der Waals surface area contributed by atoms with Gasteiger partial charge >= 0.3 is 0 Å². The van der Waals surface area contributed by atoms with Crippen molar-refractivity contribution < 1.29 is 12.8 Å². The molecule has 1 heterocycles. The standard InChI is InChI=1S/C11H14BrFN2O2S/c12-8-3-4-10(13)11(6-8)18(16,17)15-5-1-2-9(15)7-14/h3-4,6,9H,1-2,5,7,14H2. The number of benzene rings is 1. The van der Waals surface area contributed by atoms with E-state index in [1.54, 1.807) is 0 Å². The highest BCUT2D eigenvalue weighted by atomic mass is 79.9. The number of sulfonamides is 1. The summed E-state index contributed by atoms with van der Waals surface area (Å²) in [6.07, 6.45) is 1.49.